The van der Waals surface area contributed by atoms with Crippen LogP contribution in [0.2, 0.25) is 5.02 Å². The minimum absolute atomic E-state index is 0.0295. The molecule has 146 valence electrons. The average Bonchev–Trinajstić information content (AvgIpc) is 2.56. The Morgan fingerprint density at radius 3 is 2.70 bits per heavy atom. The van der Waals surface area contributed by atoms with E-state index in [0.717, 1.165) is 36.2 Å². The van der Waals surface area contributed by atoms with E-state index in [4.69, 9.17) is 11.6 Å². The number of allylic oxidation sites excluding steroid dienone is 2. The van der Waals surface area contributed by atoms with Crippen LogP contribution < -0.4 is 10.2 Å². The molecular weight excluding hydrogens is 363 g/mol. The lowest BCUT2D eigenvalue weighted by molar-refractivity contribution is -0.117. The van der Waals surface area contributed by atoms with Gasteiger partial charge in [0.05, 0.1) is 10.7 Å². The van der Waals surface area contributed by atoms with Crippen LogP contribution in [0.4, 0.5) is 15.8 Å². The Labute approximate surface area is 166 Å². The van der Waals surface area contributed by atoms with E-state index < -0.39 is 6.17 Å². The molecule has 1 aliphatic carbocycles. The van der Waals surface area contributed by atoms with E-state index in [-0.39, 0.29) is 11.3 Å². The van der Waals surface area contributed by atoms with E-state index >= 15 is 0 Å². The quantitative estimate of drug-likeness (QED) is 0.668. The number of nitrogens with zero attached hydrogens (tertiary/aromatic N) is 1. The van der Waals surface area contributed by atoms with Crippen LogP contribution in [0.25, 0.3) is 0 Å². The number of fused-ring (bicyclic) bond motifs is 1. The Bertz CT molecular complexity index is 784. The largest absolute Gasteiger partial charge is 0.347 e. The zero-order valence-corrected chi connectivity index (χ0v) is 17.3. The van der Waals surface area contributed by atoms with Crippen molar-refractivity contribution in [1.29, 1.82) is 0 Å². The number of nitrogens with one attached hydrogen (secondary N) is 1. The van der Waals surface area contributed by atoms with Gasteiger partial charge in [-0.3, -0.25) is 4.79 Å². The van der Waals surface area contributed by atoms with E-state index in [1.165, 1.54) is 5.57 Å². The fourth-order valence-electron chi connectivity index (χ4n) is 3.67. The van der Waals surface area contributed by atoms with Crippen molar-refractivity contribution < 1.29 is 9.18 Å². The first kappa shape index (κ1) is 19.9. The molecule has 2 aliphatic rings. The smallest absolute Gasteiger partial charge is 0.224 e. The molecule has 0 saturated carbocycles. The molecule has 0 bridgehead atoms. The molecule has 1 aromatic rings. The van der Waals surface area contributed by atoms with Gasteiger partial charge >= 0.3 is 0 Å². The van der Waals surface area contributed by atoms with Crippen molar-refractivity contribution in [2.45, 2.75) is 59.5 Å². The Kier molecular flexibility index (Phi) is 5.66. The highest BCUT2D eigenvalue weighted by atomic mass is 35.5. The number of hydrogen-bond donors (Lipinski definition) is 1. The Balaban J connectivity index is 1.80. The summed E-state index contributed by atoms with van der Waals surface area (Å²) in [5.41, 5.74) is 4.89. The third-order valence-corrected chi connectivity index (χ3v) is 5.27. The fourth-order valence-corrected chi connectivity index (χ4v) is 3.97. The van der Waals surface area contributed by atoms with Gasteiger partial charge in [-0.25, -0.2) is 4.39 Å². The second kappa shape index (κ2) is 7.67. The molecule has 5 heteroatoms. The second-order valence-electron chi connectivity index (χ2n) is 8.75. The van der Waals surface area contributed by atoms with Gasteiger partial charge in [-0.05, 0) is 66.5 Å². The van der Waals surface area contributed by atoms with Gasteiger partial charge in [0.1, 0.15) is 6.17 Å². The van der Waals surface area contributed by atoms with Crippen LogP contribution in [0, 0.1) is 12.3 Å². The lowest BCUT2D eigenvalue weighted by atomic mass is 9.89. The lowest BCUT2D eigenvalue weighted by Crippen LogP contribution is -2.26. The second-order valence-corrected chi connectivity index (χ2v) is 9.16. The number of hydrogen-bond acceptors (Lipinski definition) is 2. The molecular formula is C22H28ClFN2O. The number of carbonyl (C=O) groups is 1. The van der Waals surface area contributed by atoms with Crippen LogP contribution in [0.3, 0.4) is 0 Å². The van der Waals surface area contributed by atoms with E-state index in [0.29, 0.717) is 23.6 Å². The molecule has 1 atom stereocenters. The summed E-state index contributed by atoms with van der Waals surface area (Å²) < 4.78 is 13.6. The predicted molar refractivity (Wildman–Crippen MR) is 111 cm³/mol. The average molecular weight is 391 g/mol. The molecule has 1 N–H and O–H groups in total. The summed E-state index contributed by atoms with van der Waals surface area (Å²) in [5, 5.41) is 3.50. The SMILES string of the molecule is Cc1cc(N2C=C3CCC(F)C=C3CC2)cc(Cl)c1NC(=O)CC(C)(C)C. The number of anilines is 2. The number of alkyl halides is 1. The van der Waals surface area contributed by atoms with E-state index in [1.807, 2.05) is 39.8 Å². The van der Waals surface area contributed by atoms with E-state index in [1.54, 1.807) is 6.08 Å². The van der Waals surface area contributed by atoms with Crippen molar-refractivity contribution in [2.75, 3.05) is 16.8 Å². The maximum absolute atomic E-state index is 13.6. The number of amides is 1. The highest BCUT2D eigenvalue weighted by Crippen LogP contribution is 2.37. The van der Waals surface area contributed by atoms with Crippen LogP contribution in [0.15, 0.2) is 35.6 Å². The van der Waals surface area contributed by atoms with Gasteiger partial charge in [-0.15, -0.1) is 0 Å². The molecule has 1 amide bonds. The van der Waals surface area contributed by atoms with Crippen LogP contribution >= 0.6 is 11.6 Å². The summed E-state index contributed by atoms with van der Waals surface area (Å²) in [6.45, 7) is 8.86. The summed E-state index contributed by atoms with van der Waals surface area (Å²) in [6, 6.07) is 3.94. The molecule has 1 aromatic carbocycles. The van der Waals surface area contributed by atoms with Crippen LogP contribution in [0.5, 0.6) is 0 Å². The molecule has 0 radical (unpaired) electrons. The third-order valence-electron chi connectivity index (χ3n) is 4.98. The normalized spacial score (nSPS) is 19.9. The molecule has 1 unspecified atom stereocenters. The highest BCUT2D eigenvalue weighted by molar-refractivity contribution is 6.34. The fraction of sp³-hybridized carbons (Fsp3) is 0.500. The van der Waals surface area contributed by atoms with Gasteiger partial charge in [0, 0.05) is 24.9 Å². The van der Waals surface area contributed by atoms with Crippen LogP contribution in [-0.2, 0) is 4.79 Å². The first-order valence-corrected chi connectivity index (χ1v) is 9.93. The zero-order valence-electron chi connectivity index (χ0n) is 16.5. The molecule has 3 nitrogen and oxygen atoms in total. The number of halogens is 2. The minimum Gasteiger partial charge on any atom is -0.347 e. The predicted octanol–water partition coefficient (Wildman–Crippen LogP) is 6.18. The standard InChI is InChI=1S/C22H28ClFN2O/c1-14-9-18(11-19(23)21(14)25-20(27)12-22(2,3)4)26-8-7-15-10-17(24)6-5-16(15)13-26/h9-11,13,17H,5-8,12H2,1-4H3,(H,25,27). The Morgan fingerprint density at radius 2 is 2.04 bits per heavy atom. The Hall–Kier alpha value is -1.81. The zero-order chi connectivity index (χ0) is 19.8. The van der Waals surface area contributed by atoms with E-state index in [9.17, 15) is 9.18 Å². The molecule has 0 fully saturated rings. The lowest BCUT2D eigenvalue weighted by Gasteiger charge is -2.32. The Morgan fingerprint density at radius 1 is 1.30 bits per heavy atom. The summed E-state index contributed by atoms with van der Waals surface area (Å²) in [7, 11) is 0. The van der Waals surface area contributed by atoms with Crippen molar-refractivity contribution in [3.63, 3.8) is 0 Å². The molecule has 1 heterocycles. The maximum Gasteiger partial charge on any atom is 0.224 e. The van der Waals surface area contributed by atoms with Gasteiger partial charge in [0.15, 0.2) is 0 Å². The first-order valence-electron chi connectivity index (χ1n) is 9.55. The number of rotatable bonds is 3. The van der Waals surface area contributed by atoms with Crippen LogP contribution in [0.1, 0.15) is 52.0 Å². The van der Waals surface area contributed by atoms with Crippen molar-refractivity contribution in [1.82, 2.24) is 0 Å². The van der Waals surface area contributed by atoms with Crippen molar-refractivity contribution in [3.05, 3.63) is 46.1 Å². The van der Waals surface area contributed by atoms with Crippen molar-refractivity contribution in [3.8, 4) is 0 Å². The number of aryl methyl sites for hydroxylation is 1. The summed E-state index contributed by atoms with van der Waals surface area (Å²) in [6.07, 6.45) is 5.68. The summed E-state index contributed by atoms with van der Waals surface area (Å²) >= 11 is 6.50. The number of carbonyl (C=O) groups excluding carboxylic acids is 1. The molecule has 1 aliphatic heterocycles. The van der Waals surface area contributed by atoms with Gasteiger partial charge in [-0.2, -0.15) is 0 Å². The molecule has 27 heavy (non-hydrogen) atoms. The summed E-state index contributed by atoms with van der Waals surface area (Å²) in [4.78, 5) is 14.4. The third kappa shape index (κ3) is 4.92. The maximum atomic E-state index is 13.6. The molecule has 3 rings (SSSR count). The molecule has 0 saturated heterocycles. The van der Waals surface area contributed by atoms with Crippen molar-refractivity contribution >= 4 is 28.9 Å². The molecule has 0 aromatic heterocycles. The summed E-state index contributed by atoms with van der Waals surface area (Å²) in [5.74, 6) is -0.0295. The number of benzene rings is 1. The minimum atomic E-state index is -0.809. The van der Waals surface area contributed by atoms with Gasteiger partial charge in [0.2, 0.25) is 5.91 Å². The first-order chi connectivity index (χ1) is 12.6. The van der Waals surface area contributed by atoms with Crippen molar-refractivity contribution in [2.24, 2.45) is 5.41 Å². The topological polar surface area (TPSA) is 32.3 Å². The van der Waals surface area contributed by atoms with E-state index in [2.05, 4.69) is 16.4 Å². The van der Waals surface area contributed by atoms with Crippen LogP contribution in [-0.4, -0.2) is 18.6 Å². The monoisotopic (exact) mass is 390 g/mol. The highest BCUT2D eigenvalue weighted by Gasteiger charge is 2.23. The van der Waals surface area contributed by atoms with Gasteiger partial charge < -0.3 is 10.2 Å². The van der Waals surface area contributed by atoms with Gasteiger partial charge in [-0.1, -0.05) is 32.4 Å². The van der Waals surface area contributed by atoms with Gasteiger partial charge in [0.25, 0.3) is 0 Å². The molecule has 0 spiro atoms.